The Morgan fingerprint density at radius 2 is 1.61 bits per heavy atom. The first-order valence-electron chi connectivity index (χ1n) is 11.0. The van der Waals surface area contributed by atoms with Gasteiger partial charge >= 0.3 is 179 Å². The van der Waals surface area contributed by atoms with Crippen LogP contribution in [-0.2, 0) is 22.2 Å². The Hall–Kier alpha value is -0.899. The molecule has 28 heavy (non-hydrogen) atoms. The van der Waals surface area contributed by atoms with E-state index in [1.807, 2.05) is 0 Å². The molecule has 2 atom stereocenters. The molecule has 1 aromatic carbocycles. The molecule has 0 aromatic heterocycles. The average molecular weight is 431 g/mol. The monoisotopic (exact) mass is 430 g/mol. The number of allylic oxidation sites excluding steroid dienone is 4. The molecule has 2 aliphatic carbocycles. The van der Waals surface area contributed by atoms with E-state index in [1.54, 1.807) is 3.88 Å². The number of benzene rings is 1. The number of hydrogen-bond donors (Lipinski definition) is 1. The van der Waals surface area contributed by atoms with Crippen molar-refractivity contribution < 1.29 is 22.2 Å². The van der Waals surface area contributed by atoms with Crippen LogP contribution in [0.25, 0.3) is 0 Å². The second kappa shape index (κ2) is 9.74. The normalized spacial score (nSPS) is 22.2. The van der Waals surface area contributed by atoms with Gasteiger partial charge in [-0.15, -0.1) is 0 Å². The van der Waals surface area contributed by atoms with E-state index in [1.165, 1.54) is 47.6 Å². The van der Waals surface area contributed by atoms with Gasteiger partial charge in [-0.25, -0.2) is 0 Å². The molecule has 0 spiro atoms. The summed E-state index contributed by atoms with van der Waals surface area (Å²) in [5.41, 5.74) is 4.46. The fourth-order valence-electron chi connectivity index (χ4n) is 4.89. The predicted molar refractivity (Wildman–Crippen MR) is 119 cm³/mol. The third-order valence-electron chi connectivity index (χ3n) is 7.15. The van der Waals surface area contributed by atoms with Crippen molar-refractivity contribution in [3.05, 3.63) is 50.9 Å². The van der Waals surface area contributed by atoms with Gasteiger partial charge < -0.3 is 0 Å². The second-order valence-electron chi connectivity index (χ2n) is 8.79. The Morgan fingerprint density at radius 1 is 1.00 bits per heavy atom. The van der Waals surface area contributed by atoms with Gasteiger partial charge in [0.1, 0.15) is 0 Å². The van der Waals surface area contributed by atoms with Crippen LogP contribution in [0.5, 0.6) is 0 Å². The molecule has 3 rings (SSSR count). The molecular formula is C24H36NOSiTi. The molecule has 151 valence electrons. The van der Waals surface area contributed by atoms with Crippen LogP contribution in [-0.4, -0.2) is 12.6 Å². The fraction of sp³-hybridized carbons (Fsp3) is 0.542. The molecule has 1 amide bonds. The van der Waals surface area contributed by atoms with Crippen molar-refractivity contribution in [2.24, 2.45) is 11.8 Å². The molecule has 1 aromatic rings. The van der Waals surface area contributed by atoms with Gasteiger partial charge in [0, 0.05) is 0 Å². The van der Waals surface area contributed by atoms with E-state index in [4.69, 9.17) is 0 Å². The molecule has 0 bridgehead atoms. The number of amides is 1. The summed E-state index contributed by atoms with van der Waals surface area (Å²) in [6.45, 7) is 10.5. The van der Waals surface area contributed by atoms with Crippen molar-refractivity contribution in [3.63, 3.8) is 0 Å². The molecule has 4 heteroatoms. The van der Waals surface area contributed by atoms with E-state index in [-0.39, 0.29) is 5.92 Å². The Bertz CT molecular complexity index is 762. The average Bonchev–Trinajstić information content (AvgIpc) is 2.93. The SMILES string of the molecule is CC1=C(C)C(C)[C]([Ti]([NH]C(=O)C2CCCCCC2)[SiH](C)c2ccccc2)=C1C. The molecule has 1 N–H and O–H groups in total. The van der Waals surface area contributed by atoms with Crippen LogP contribution < -0.4 is 8.99 Å². The Labute approximate surface area is 178 Å². The Morgan fingerprint density at radius 3 is 2.14 bits per heavy atom. The molecular weight excluding hydrogens is 394 g/mol. The molecule has 2 aliphatic rings. The van der Waals surface area contributed by atoms with Crippen LogP contribution in [0.2, 0.25) is 6.55 Å². The van der Waals surface area contributed by atoms with Crippen molar-refractivity contribution >= 4 is 17.8 Å². The van der Waals surface area contributed by atoms with Crippen LogP contribution in [0.15, 0.2) is 50.9 Å². The van der Waals surface area contributed by atoms with Crippen molar-refractivity contribution in [2.45, 2.75) is 72.8 Å². The number of nitrogens with one attached hydrogen (secondary N) is 1. The molecule has 0 radical (unpaired) electrons. The molecule has 2 unspecified atom stereocenters. The summed E-state index contributed by atoms with van der Waals surface area (Å²) in [5, 5.41) is 1.51. The Balaban J connectivity index is 1.90. The van der Waals surface area contributed by atoms with Gasteiger partial charge in [0.15, 0.2) is 0 Å². The van der Waals surface area contributed by atoms with Gasteiger partial charge in [-0.2, -0.15) is 0 Å². The first-order valence-corrected chi connectivity index (χ1v) is 17.6. The van der Waals surface area contributed by atoms with E-state index < -0.39 is 24.0 Å². The summed E-state index contributed by atoms with van der Waals surface area (Å²) in [5.74, 6) is 1.12. The summed E-state index contributed by atoms with van der Waals surface area (Å²) < 4.78 is 5.40. The van der Waals surface area contributed by atoms with Crippen molar-refractivity contribution in [1.29, 1.82) is 0 Å². The number of hydrogen-bond acceptors (Lipinski definition) is 1. The molecule has 0 heterocycles. The van der Waals surface area contributed by atoms with Gasteiger partial charge in [0.2, 0.25) is 0 Å². The Kier molecular flexibility index (Phi) is 7.58. The number of rotatable bonds is 5. The summed E-state index contributed by atoms with van der Waals surface area (Å²) in [4.78, 5) is 13.3. The van der Waals surface area contributed by atoms with Crippen molar-refractivity contribution in [2.75, 3.05) is 0 Å². The van der Waals surface area contributed by atoms with E-state index >= 15 is 0 Å². The van der Waals surface area contributed by atoms with Gasteiger partial charge in [0.25, 0.3) is 0 Å². The topological polar surface area (TPSA) is 29.1 Å². The summed E-state index contributed by atoms with van der Waals surface area (Å²) >= 11 is -1.92. The van der Waals surface area contributed by atoms with Gasteiger partial charge in [-0.05, 0) is 0 Å². The van der Waals surface area contributed by atoms with Gasteiger partial charge in [0.05, 0.1) is 0 Å². The van der Waals surface area contributed by atoms with E-state index in [0.29, 0.717) is 11.8 Å². The van der Waals surface area contributed by atoms with Crippen LogP contribution in [0.1, 0.15) is 66.2 Å². The van der Waals surface area contributed by atoms with E-state index in [9.17, 15) is 4.79 Å². The van der Waals surface area contributed by atoms with E-state index in [2.05, 4.69) is 68.4 Å². The van der Waals surface area contributed by atoms with Gasteiger partial charge in [-0.1, -0.05) is 0 Å². The third-order valence-corrected chi connectivity index (χ3v) is 19.9. The molecule has 1 fully saturated rings. The van der Waals surface area contributed by atoms with Crippen LogP contribution >= 0.6 is 0 Å². The van der Waals surface area contributed by atoms with Crippen LogP contribution in [0.3, 0.4) is 0 Å². The maximum atomic E-state index is 13.3. The third kappa shape index (κ3) is 4.63. The zero-order chi connectivity index (χ0) is 20.3. The van der Waals surface area contributed by atoms with Crippen LogP contribution in [0.4, 0.5) is 0 Å². The van der Waals surface area contributed by atoms with Crippen LogP contribution in [0, 0.1) is 11.8 Å². The van der Waals surface area contributed by atoms with Crippen molar-refractivity contribution in [1.82, 2.24) is 3.80 Å². The quantitative estimate of drug-likeness (QED) is 0.509. The zero-order valence-electron chi connectivity index (χ0n) is 18.3. The van der Waals surface area contributed by atoms with E-state index in [0.717, 1.165) is 12.8 Å². The zero-order valence-corrected chi connectivity index (χ0v) is 21.0. The second-order valence-corrected chi connectivity index (χ2v) is 19.9. The summed E-state index contributed by atoms with van der Waals surface area (Å²) in [6.07, 6.45) is 7.20. The fourth-order valence-corrected chi connectivity index (χ4v) is 17.8. The first kappa shape index (κ1) is 21.8. The first-order chi connectivity index (χ1) is 13.4. The maximum absolute atomic E-state index is 13.3. The molecule has 1 saturated carbocycles. The number of carbonyl (C=O) groups is 1. The standard InChI is InChI=1S/C9H13.C8H15NO.C7H9Si.Ti/c1-6-5-7(2)9(4)8(6)3;9-8(10)7-5-3-1-2-4-6-7;1-8-7-5-3-2-4-6-7;/h6H,1-4H3;7H,1-6H2,(H2,9,10);2-6,8H,1H3;/q;;;+1/p-1. The summed E-state index contributed by atoms with van der Waals surface area (Å²) in [6, 6.07) is 11.0. The molecule has 0 saturated heterocycles. The number of carbonyl (C=O) groups excluding carboxylic acids is 1. The van der Waals surface area contributed by atoms with Crippen molar-refractivity contribution in [3.8, 4) is 0 Å². The molecule has 0 aliphatic heterocycles. The van der Waals surface area contributed by atoms with Gasteiger partial charge in [-0.3, -0.25) is 0 Å². The molecule has 2 nitrogen and oxygen atoms in total. The minimum absolute atomic E-state index is 0.245. The summed E-state index contributed by atoms with van der Waals surface area (Å²) in [7, 11) is 0. The predicted octanol–water partition coefficient (Wildman–Crippen LogP) is 5.13. The minimum atomic E-state index is -1.92.